The molecule has 0 atom stereocenters. The average molecular weight is 259 g/mol. The van der Waals surface area contributed by atoms with Crippen molar-refractivity contribution in [1.29, 1.82) is 0 Å². The van der Waals surface area contributed by atoms with E-state index < -0.39 is 5.82 Å². The Balaban J connectivity index is 2.54. The molecule has 1 aromatic carbocycles. The van der Waals surface area contributed by atoms with Crippen LogP contribution in [0.25, 0.3) is 0 Å². The predicted molar refractivity (Wildman–Crippen MR) is 67.9 cm³/mol. The Morgan fingerprint density at radius 1 is 1.41 bits per heavy atom. The van der Waals surface area contributed by atoms with Crippen molar-refractivity contribution in [3.05, 3.63) is 29.0 Å². The van der Waals surface area contributed by atoms with Gasteiger partial charge in [-0.05, 0) is 23.6 Å². The molecule has 0 radical (unpaired) electrons. The highest BCUT2D eigenvalue weighted by Gasteiger charge is 2.12. The second kappa shape index (κ2) is 5.36. The molecule has 0 fully saturated rings. The molecule has 0 saturated heterocycles. The van der Waals surface area contributed by atoms with Gasteiger partial charge in [0.25, 0.3) is 0 Å². The number of nitrogens with one attached hydrogen (secondary N) is 2. The summed E-state index contributed by atoms with van der Waals surface area (Å²) in [4.78, 5) is 11.5. The van der Waals surface area contributed by atoms with Crippen molar-refractivity contribution in [3.63, 3.8) is 0 Å². The monoisotopic (exact) mass is 258 g/mol. The highest BCUT2D eigenvalue weighted by Crippen LogP contribution is 2.19. The number of carbonyl (C=O) groups is 1. The van der Waals surface area contributed by atoms with Crippen molar-refractivity contribution in [3.8, 4) is 0 Å². The molecule has 2 N–H and O–H groups in total. The van der Waals surface area contributed by atoms with Crippen LogP contribution in [0.4, 0.5) is 14.9 Å². The normalized spacial score (nSPS) is 11.1. The van der Waals surface area contributed by atoms with Gasteiger partial charge in [-0.2, -0.15) is 0 Å². The maximum absolute atomic E-state index is 12.9. The minimum absolute atomic E-state index is 0.0117. The number of halogens is 2. The molecular formula is C12H16ClFN2O. The van der Waals surface area contributed by atoms with Gasteiger partial charge in [0.15, 0.2) is 0 Å². The van der Waals surface area contributed by atoms with Gasteiger partial charge < -0.3 is 10.6 Å². The molecule has 0 aliphatic heterocycles. The van der Waals surface area contributed by atoms with E-state index in [1.807, 2.05) is 20.8 Å². The standard InChI is InChI=1S/C12H16ClFN2O/c1-12(2,3)7-15-11(17)16-8-4-5-10(14)9(13)6-8/h4-6H,7H2,1-3H3,(H2,15,16,17). The summed E-state index contributed by atoms with van der Waals surface area (Å²) in [7, 11) is 0. The molecule has 0 saturated carbocycles. The molecule has 0 aliphatic carbocycles. The fraction of sp³-hybridized carbons (Fsp3) is 0.417. The summed E-state index contributed by atoms with van der Waals surface area (Å²) in [6.07, 6.45) is 0. The molecule has 94 valence electrons. The fourth-order valence-corrected chi connectivity index (χ4v) is 1.28. The van der Waals surface area contributed by atoms with E-state index in [9.17, 15) is 9.18 Å². The van der Waals surface area contributed by atoms with Gasteiger partial charge in [0.2, 0.25) is 0 Å². The van der Waals surface area contributed by atoms with Gasteiger partial charge in [0.05, 0.1) is 5.02 Å². The minimum atomic E-state index is -0.507. The van der Waals surface area contributed by atoms with E-state index in [4.69, 9.17) is 11.6 Å². The van der Waals surface area contributed by atoms with E-state index in [0.29, 0.717) is 12.2 Å². The van der Waals surface area contributed by atoms with Crippen LogP contribution in [-0.4, -0.2) is 12.6 Å². The van der Waals surface area contributed by atoms with E-state index in [2.05, 4.69) is 10.6 Å². The van der Waals surface area contributed by atoms with Crippen molar-refractivity contribution >= 4 is 23.3 Å². The first-order valence-corrected chi connectivity index (χ1v) is 5.66. The van der Waals surface area contributed by atoms with E-state index >= 15 is 0 Å². The molecule has 1 rings (SSSR count). The van der Waals surface area contributed by atoms with E-state index in [1.54, 1.807) is 0 Å². The zero-order valence-electron chi connectivity index (χ0n) is 10.1. The molecular weight excluding hydrogens is 243 g/mol. The third kappa shape index (κ3) is 5.04. The molecule has 5 heteroatoms. The first-order valence-electron chi connectivity index (χ1n) is 5.28. The second-order valence-electron chi connectivity index (χ2n) is 5.00. The Morgan fingerprint density at radius 3 is 2.59 bits per heavy atom. The topological polar surface area (TPSA) is 41.1 Å². The molecule has 0 bridgehead atoms. The molecule has 1 aromatic rings. The van der Waals surface area contributed by atoms with Gasteiger partial charge in [0.1, 0.15) is 5.82 Å². The Morgan fingerprint density at radius 2 is 2.06 bits per heavy atom. The van der Waals surface area contributed by atoms with E-state index in [-0.39, 0.29) is 16.5 Å². The SMILES string of the molecule is CC(C)(C)CNC(=O)Nc1ccc(F)c(Cl)c1. The minimum Gasteiger partial charge on any atom is -0.337 e. The van der Waals surface area contributed by atoms with E-state index in [1.165, 1.54) is 18.2 Å². The number of rotatable bonds is 2. The predicted octanol–water partition coefficient (Wildman–Crippen LogP) is 3.65. The molecule has 0 aliphatic rings. The van der Waals surface area contributed by atoms with Crippen molar-refractivity contribution in [2.24, 2.45) is 5.41 Å². The summed E-state index contributed by atoms with van der Waals surface area (Å²) in [5.41, 5.74) is 0.473. The Hall–Kier alpha value is -1.29. The number of urea groups is 1. The van der Waals surface area contributed by atoms with Gasteiger partial charge in [-0.15, -0.1) is 0 Å². The molecule has 0 heterocycles. The number of anilines is 1. The summed E-state index contributed by atoms with van der Waals surface area (Å²) >= 11 is 5.60. The third-order valence-electron chi connectivity index (χ3n) is 1.96. The summed E-state index contributed by atoms with van der Waals surface area (Å²) < 4.78 is 12.9. The maximum atomic E-state index is 12.9. The van der Waals surface area contributed by atoms with Gasteiger partial charge in [-0.3, -0.25) is 0 Å². The van der Waals surface area contributed by atoms with Gasteiger partial charge in [-0.1, -0.05) is 32.4 Å². The summed E-state index contributed by atoms with van der Waals surface area (Å²) in [5.74, 6) is -0.507. The Kier molecular flexibility index (Phi) is 4.34. The van der Waals surface area contributed by atoms with Crippen LogP contribution in [0, 0.1) is 11.2 Å². The molecule has 0 aromatic heterocycles. The van der Waals surface area contributed by atoms with Crippen LogP contribution >= 0.6 is 11.6 Å². The van der Waals surface area contributed by atoms with Crippen LogP contribution in [0.5, 0.6) is 0 Å². The number of benzene rings is 1. The zero-order chi connectivity index (χ0) is 13.1. The van der Waals surface area contributed by atoms with Gasteiger partial charge >= 0.3 is 6.03 Å². The quantitative estimate of drug-likeness (QED) is 0.835. The number of carbonyl (C=O) groups excluding carboxylic acids is 1. The van der Waals surface area contributed by atoms with Crippen LogP contribution in [0.15, 0.2) is 18.2 Å². The van der Waals surface area contributed by atoms with Gasteiger partial charge in [0, 0.05) is 12.2 Å². The molecule has 0 unspecified atom stereocenters. The first kappa shape index (κ1) is 13.8. The summed E-state index contributed by atoms with van der Waals surface area (Å²) in [6.45, 7) is 6.60. The van der Waals surface area contributed by atoms with Crippen molar-refractivity contribution < 1.29 is 9.18 Å². The van der Waals surface area contributed by atoms with Crippen molar-refractivity contribution in [1.82, 2.24) is 5.32 Å². The van der Waals surface area contributed by atoms with Crippen LogP contribution in [0.1, 0.15) is 20.8 Å². The lowest BCUT2D eigenvalue weighted by Gasteiger charge is -2.18. The van der Waals surface area contributed by atoms with Crippen molar-refractivity contribution in [2.45, 2.75) is 20.8 Å². The van der Waals surface area contributed by atoms with Gasteiger partial charge in [-0.25, -0.2) is 9.18 Å². The number of hydrogen-bond acceptors (Lipinski definition) is 1. The maximum Gasteiger partial charge on any atom is 0.319 e. The lowest BCUT2D eigenvalue weighted by molar-refractivity contribution is 0.247. The lowest BCUT2D eigenvalue weighted by atomic mass is 9.97. The number of hydrogen-bond donors (Lipinski definition) is 2. The largest absolute Gasteiger partial charge is 0.337 e. The van der Waals surface area contributed by atoms with Crippen LogP contribution < -0.4 is 10.6 Å². The smallest absolute Gasteiger partial charge is 0.319 e. The Labute approximate surface area is 105 Å². The molecule has 2 amide bonds. The van der Waals surface area contributed by atoms with Crippen LogP contribution in [0.3, 0.4) is 0 Å². The van der Waals surface area contributed by atoms with Crippen molar-refractivity contribution in [2.75, 3.05) is 11.9 Å². The first-order chi connectivity index (χ1) is 7.78. The summed E-state index contributed by atoms with van der Waals surface area (Å²) in [6, 6.07) is 3.70. The van der Waals surface area contributed by atoms with Crippen LogP contribution in [0.2, 0.25) is 5.02 Å². The van der Waals surface area contributed by atoms with Crippen LogP contribution in [-0.2, 0) is 0 Å². The second-order valence-corrected chi connectivity index (χ2v) is 5.40. The third-order valence-corrected chi connectivity index (χ3v) is 2.25. The zero-order valence-corrected chi connectivity index (χ0v) is 10.9. The molecule has 3 nitrogen and oxygen atoms in total. The number of amides is 2. The lowest BCUT2D eigenvalue weighted by Crippen LogP contribution is -2.35. The highest BCUT2D eigenvalue weighted by molar-refractivity contribution is 6.31. The average Bonchev–Trinajstić information content (AvgIpc) is 2.20. The fourth-order valence-electron chi connectivity index (χ4n) is 1.09. The summed E-state index contributed by atoms with van der Waals surface area (Å²) in [5, 5.41) is 5.28. The molecule has 0 spiro atoms. The Bertz CT molecular complexity index is 415. The van der Waals surface area contributed by atoms with E-state index in [0.717, 1.165) is 0 Å². The highest BCUT2D eigenvalue weighted by atomic mass is 35.5. The molecule has 17 heavy (non-hydrogen) atoms.